The molecule has 0 saturated carbocycles. The van der Waals surface area contributed by atoms with E-state index in [0.29, 0.717) is 6.61 Å². The molecule has 1 aromatic heterocycles. The summed E-state index contributed by atoms with van der Waals surface area (Å²) in [4.78, 5) is 4.10. The molecule has 0 radical (unpaired) electrons. The molecular formula is C9H11NO2. The zero-order valence-corrected chi connectivity index (χ0v) is 6.95. The van der Waals surface area contributed by atoms with Crippen molar-refractivity contribution in [3.8, 4) is 0 Å². The fraction of sp³-hybridized carbons (Fsp3) is 0.444. The van der Waals surface area contributed by atoms with E-state index in [1.807, 2.05) is 13.0 Å². The molecule has 0 aliphatic carbocycles. The van der Waals surface area contributed by atoms with Gasteiger partial charge in [0.05, 0.1) is 6.61 Å². The minimum atomic E-state index is -0.776. The molecule has 1 aromatic rings. The molecule has 3 heteroatoms. The Kier molecular flexibility index (Phi) is 1.83. The lowest BCUT2D eigenvalue weighted by Gasteiger charge is -2.22. The van der Waals surface area contributed by atoms with Crippen LogP contribution in [0.4, 0.5) is 0 Å². The lowest BCUT2D eigenvalue weighted by molar-refractivity contribution is -0.111. The molecule has 1 aliphatic heterocycles. The van der Waals surface area contributed by atoms with E-state index >= 15 is 0 Å². The summed E-state index contributed by atoms with van der Waals surface area (Å²) < 4.78 is 5.10. The highest BCUT2D eigenvalue weighted by Gasteiger charge is 2.20. The first kappa shape index (κ1) is 7.71. The van der Waals surface area contributed by atoms with E-state index in [-0.39, 0.29) is 0 Å². The van der Waals surface area contributed by atoms with Crippen LogP contribution in [0.5, 0.6) is 0 Å². The summed E-state index contributed by atoms with van der Waals surface area (Å²) in [7, 11) is 0. The number of aryl methyl sites for hydroxylation is 1. The van der Waals surface area contributed by atoms with Crippen molar-refractivity contribution >= 4 is 0 Å². The normalized spacial score (nSPS) is 22.0. The van der Waals surface area contributed by atoms with Gasteiger partial charge in [-0.05, 0) is 25.0 Å². The molecule has 0 unspecified atom stereocenters. The van der Waals surface area contributed by atoms with Crippen molar-refractivity contribution in [3.05, 3.63) is 29.1 Å². The Balaban J connectivity index is 2.53. The lowest BCUT2D eigenvalue weighted by Crippen LogP contribution is -2.17. The Morgan fingerprint density at radius 3 is 3.25 bits per heavy atom. The number of rotatable bonds is 0. The van der Waals surface area contributed by atoms with Crippen molar-refractivity contribution in [3.63, 3.8) is 0 Å². The second-order valence-corrected chi connectivity index (χ2v) is 2.94. The molecule has 1 atom stereocenters. The number of pyridine rings is 1. The minimum absolute atomic E-state index is 0.595. The standard InChI is InChI=1S/C9H11NO2/c1-6-8-7(2-4-10-6)3-5-12-9(8)11/h2,4,9,11H,3,5H2,1H3/t9-/m1/s1. The van der Waals surface area contributed by atoms with Gasteiger partial charge in [-0.15, -0.1) is 0 Å². The summed E-state index contributed by atoms with van der Waals surface area (Å²) in [6, 6.07) is 1.94. The van der Waals surface area contributed by atoms with Crippen LogP contribution in [-0.2, 0) is 11.2 Å². The summed E-state index contributed by atoms with van der Waals surface area (Å²) >= 11 is 0. The minimum Gasteiger partial charge on any atom is -0.364 e. The number of aliphatic hydroxyl groups excluding tert-OH is 1. The average Bonchev–Trinajstić information content (AvgIpc) is 2.04. The van der Waals surface area contributed by atoms with Crippen LogP contribution in [0.3, 0.4) is 0 Å². The topological polar surface area (TPSA) is 42.4 Å². The molecule has 2 rings (SSSR count). The number of ether oxygens (including phenoxy) is 1. The lowest BCUT2D eigenvalue weighted by atomic mass is 10.0. The van der Waals surface area contributed by atoms with Crippen molar-refractivity contribution in [2.45, 2.75) is 19.6 Å². The van der Waals surface area contributed by atoms with Gasteiger partial charge in [0, 0.05) is 17.5 Å². The summed E-state index contributed by atoms with van der Waals surface area (Å²) in [5.74, 6) is 0. The summed E-state index contributed by atoms with van der Waals surface area (Å²) in [5, 5.41) is 9.48. The molecule has 1 N–H and O–H groups in total. The van der Waals surface area contributed by atoms with Crippen molar-refractivity contribution in [2.24, 2.45) is 0 Å². The Morgan fingerprint density at radius 2 is 2.50 bits per heavy atom. The van der Waals surface area contributed by atoms with Gasteiger partial charge < -0.3 is 9.84 Å². The van der Waals surface area contributed by atoms with Gasteiger partial charge in [-0.1, -0.05) is 0 Å². The van der Waals surface area contributed by atoms with Gasteiger partial charge in [0.1, 0.15) is 0 Å². The second-order valence-electron chi connectivity index (χ2n) is 2.94. The van der Waals surface area contributed by atoms with Gasteiger partial charge in [-0.2, -0.15) is 0 Å². The quantitative estimate of drug-likeness (QED) is 0.622. The van der Waals surface area contributed by atoms with Gasteiger partial charge in [-0.3, -0.25) is 4.98 Å². The van der Waals surface area contributed by atoms with Gasteiger partial charge in [0.25, 0.3) is 0 Å². The van der Waals surface area contributed by atoms with Crippen molar-refractivity contribution in [2.75, 3.05) is 6.61 Å². The zero-order chi connectivity index (χ0) is 8.55. The summed E-state index contributed by atoms with van der Waals surface area (Å²) in [6.07, 6.45) is 1.87. The highest BCUT2D eigenvalue weighted by atomic mass is 16.6. The number of aliphatic hydroxyl groups is 1. The van der Waals surface area contributed by atoms with E-state index in [2.05, 4.69) is 4.98 Å². The van der Waals surface area contributed by atoms with Crippen molar-refractivity contribution < 1.29 is 9.84 Å². The maximum absolute atomic E-state index is 9.48. The molecule has 1 aliphatic rings. The number of fused-ring (bicyclic) bond motifs is 1. The SMILES string of the molecule is Cc1nccc2c1[C@H](O)OCC2. The summed E-state index contributed by atoms with van der Waals surface area (Å²) in [6.45, 7) is 2.48. The molecule has 2 heterocycles. The maximum Gasteiger partial charge on any atom is 0.183 e. The molecule has 0 saturated heterocycles. The molecule has 3 nitrogen and oxygen atoms in total. The second kappa shape index (κ2) is 2.84. The monoisotopic (exact) mass is 165 g/mol. The zero-order valence-electron chi connectivity index (χ0n) is 6.95. The molecule has 0 aromatic carbocycles. The first-order chi connectivity index (χ1) is 5.79. The van der Waals surface area contributed by atoms with Crippen LogP contribution >= 0.6 is 0 Å². The molecule has 0 fully saturated rings. The van der Waals surface area contributed by atoms with E-state index in [9.17, 15) is 5.11 Å². The Bertz CT molecular complexity index is 299. The molecule has 12 heavy (non-hydrogen) atoms. The van der Waals surface area contributed by atoms with Crippen LogP contribution in [0.25, 0.3) is 0 Å². The predicted octanol–water partition coefficient (Wildman–Crippen LogP) is 0.954. The fourth-order valence-corrected chi connectivity index (χ4v) is 1.55. The highest BCUT2D eigenvalue weighted by molar-refractivity contribution is 5.31. The maximum atomic E-state index is 9.48. The van der Waals surface area contributed by atoms with Crippen LogP contribution in [-0.4, -0.2) is 16.7 Å². The van der Waals surface area contributed by atoms with Crippen LogP contribution in [0.15, 0.2) is 12.3 Å². The fourth-order valence-electron chi connectivity index (χ4n) is 1.55. The Labute approximate surface area is 71.0 Å². The first-order valence-corrected chi connectivity index (χ1v) is 4.03. The van der Waals surface area contributed by atoms with Crippen LogP contribution in [0.2, 0.25) is 0 Å². The van der Waals surface area contributed by atoms with E-state index in [0.717, 1.165) is 23.2 Å². The van der Waals surface area contributed by atoms with Crippen LogP contribution < -0.4 is 0 Å². The van der Waals surface area contributed by atoms with Gasteiger partial charge in [0.15, 0.2) is 6.29 Å². The Morgan fingerprint density at radius 1 is 1.67 bits per heavy atom. The van der Waals surface area contributed by atoms with Crippen LogP contribution in [0.1, 0.15) is 23.1 Å². The molecule has 0 amide bonds. The molecule has 0 bridgehead atoms. The van der Waals surface area contributed by atoms with Crippen molar-refractivity contribution in [1.29, 1.82) is 0 Å². The van der Waals surface area contributed by atoms with Crippen molar-refractivity contribution in [1.82, 2.24) is 4.98 Å². The third kappa shape index (κ3) is 1.11. The van der Waals surface area contributed by atoms with E-state index in [1.165, 1.54) is 0 Å². The van der Waals surface area contributed by atoms with Gasteiger partial charge in [-0.25, -0.2) is 0 Å². The average molecular weight is 165 g/mol. The highest BCUT2D eigenvalue weighted by Crippen LogP contribution is 2.26. The van der Waals surface area contributed by atoms with Gasteiger partial charge >= 0.3 is 0 Å². The number of nitrogens with zero attached hydrogens (tertiary/aromatic N) is 1. The van der Waals surface area contributed by atoms with E-state index < -0.39 is 6.29 Å². The summed E-state index contributed by atoms with van der Waals surface area (Å²) in [5.41, 5.74) is 2.87. The molecule has 64 valence electrons. The van der Waals surface area contributed by atoms with E-state index in [1.54, 1.807) is 6.20 Å². The predicted molar refractivity (Wildman–Crippen MR) is 43.6 cm³/mol. The third-order valence-corrected chi connectivity index (χ3v) is 2.17. The molecular weight excluding hydrogens is 154 g/mol. The number of aromatic nitrogens is 1. The Hall–Kier alpha value is -0.930. The third-order valence-electron chi connectivity index (χ3n) is 2.17. The largest absolute Gasteiger partial charge is 0.364 e. The first-order valence-electron chi connectivity index (χ1n) is 4.03. The smallest absolute Gasteiger partial charge is 0.183 e. The van der Waals surface area contributed by atoms with Gasteiger partial charge in [0.2, 0.25) is 0 Å². The molecule has 0 spiro atoms. The number of hydrogen-bond donors (Lipinski definition) is 1. The van der Waals surface area contributed by atoms with Crippen LogP contribution in [0, 0.1) is 6.92 Å². The number of hydrogen-bond acceptors (Lipinski definition) is 3. The van der Waals surface area contributed by atoms with E-state index in [4.69, 9.17) is 4.74 Å².